The molecule has 1 amide bonds. The molecule has 0 atom stereocenters. The first-order chi connectivity index (χ1) is 10.7. The highest BCUT2D eigenvalue weighted by Crippen LogP contribution is 2.07. The molecule has 4 nitrogen and oxygen atoms in total. The van der Waals surface area contributed by atoms with Gasteiger partial charge in [-0.3, -0.25) is 15.6 Å². The van der Waals surface area contributed by atoms with Crippen molar-refractivity contribution in [2.45, 2.75) is 0 Å². The molecule has 0 fully saturated rings. The molecule has 0 saturated carbocycles. The zero-order valence-corrected chi connectivity index (χ0v) is 12.2. The molecule has 0 radical (unpaired) electrons. The number of amides is 1. The van der Waals surface area contributed by atoms with Crippen molar-refractivity contribution in [3.63, 3.8) is 0 Å². The summed E-state index contributed by atoms with van der Waals surface area (Å²) in [5.74, 6) is 0.374. The van der Waals surface area contributed by atoms with E-state index in [-0.39, 0.29) is 12.5 Å². The van der Waals surface area contributed by atoms with Gasteiger partial charge in [0.25, 0.3) is 5.91 Å². The van der Waals surface area contributed by atoms with Crippen molar-refractivity contribution in [2.75, 3.05) is 6.61 Å². The van der Waals surface area contributed by atoms with Crippen LogP contribution in [0.25, 0.3) is 6.08 Å². The minimum absolute atomic E-state index is 0.0628. The molecular formula is C18H18N2O2. The van der Waals surface area contributed by atoms with Gasteiger partial charge in [0, 0.05) is 5.70 Å². The Balaban J connectivity index is 1.69. The van der Waals surface area contributed by atoms with Crippen molar-refractivity contribution in [3.05, 3.63) is 84.6 Å². The number of nitrogens with one attached hydrogen (secondary N) is 2. The van der Waals surface area contributed by atoms with E-state index in [1.54, 1.807) is 18.2 Å². The Hall–Kier alpha value is -3.01. The summed E-state index contributed by atoms with van der Waals surface area (Å²) in [6.45, 7) is 3.74. The molecule has 2 N–H and O–H groups in total. The van der Waals surface area contributed by atoms with Crippen LogP contribution in [-0.4, -0.2) is 12.5 Å². The first-order valence-corrected chi connectivity index (χ1v) is 6.89. The van der Waals surface area contributed by atoms with E-state index in [4.69, 9.17) is 4.74 Å². The van der Waals surface area contributed by atoms with Crippen LogP contribution in [0.3, 0.4) is 0 Å². The minimum Gasteiger partial charge on any atom is -0.484 e. The van der Waals surface area contributed by atoms with Crippen LogP contribution < -0.4 is 15.6 Å². The number of carbonyl (C=O) groups is 1. The number of carbonyl (C=O) groups excluding carboxylic acids is 1. The maximum Gasteiger partial charge on any atom is 0.276 e. The molecule has 0 aliphatic carbocycles. The number of benzene rings is 2. The Kier molecular flexibility index (Phi) is 5.81. The zero-order valence-electron chi connectivity index (χ0n) is 12.2. The molecule has 0 spiro atoms. The number of para-hydroxylation sites is 1. The summed E-state index contributed by atoms with van der Waals surface area (Å²) in [4.78, 5) is 11.6. The van der Waals surface area contributed by atoms with Crippen molar-refractivity contribution in [2.24, 2.45) is 0 Å². The summed E-state index contributed by atoms with van der Waals surface area (Å²) in [7, 11) is 0. The van der Waals surface area contributed by atoms with E-state index in [0.29, 0.717) is 11.4 Å². The summed E-state index contributed by atoms with van der Waals surface area (Å²) in [6.07, 6.45) is 3.69. The lowest BCUT2D eigenvalue weighted by molar-refractivity contribution is -0.123. The SMILES string of the molecule is C=C(/C=C/c1ccccc1)NNC(=O)COc1ccccc1. The molecule has 22 heavy (non-hydrogen) atoms. The molecule has 0 saturated heterocycles. The van der Waals surface area contributed by atoms with Crippen LogP contribution >= 0.6 is 0 Å². The number of hydrazine groups is 1. The monoisotopic (exact) mass is 294 g/mol. The third kappa shape index (κ3) is 5.54. The lowest BCUT2D eigenvalue weighted by Gasteiger charge is -2.09. The zero-order chi connectivity index (χ0) is 15.6. The average Bonchev–Trinajstić information content (AvgIpc) is 2.58. The molecule has 0 aromatic heterocycles. The molecule has 2 aromatic carbocycles. The van der Waals surface area contributed by atoms with Crippen LogP contribution in [0, 0.1) is 0 Å². The van der Waals surface area contributed by atoms with E-state index in [1.807, 2.05) is 54.6 Å². The van der Waals surface area contributed by atoms with Gasteiger partial charge >= 0.3 is 0 Å². The number of rotatable bonds is 7. The first kappa shape index (κ1) is 15.4. The smallest absolute Gasteiger partial charge is 0.276 e. The molecule has 4 heteroatoms. The number of hydrogen-bond acceptors (Lipinski definition) is 3. The van der Waals surface area contributed by atoms with Crippen molar-refractivity contribution in [3.8, 4) is 5.75 Å². The van der Waals surface area contributed by atoms with Crippen LogP contribution in [0.5, 0.6) is 5.75 Å². The van der Waals surface area contributed by atoms with Gasteiger partial charge in [-0.25, -0.2) is 0 Å². The predicted octanol–water partition coefficient (Wildman–Crippen LogP) is 2.91. The van der Waals surface area contributed by atoms with Crippen molar-refractivity contribution < 1.29 is 9.53 Å². The lowest BCUT2D eigenvalue weighted by atomic mass is 10.2. The molecule has 0 heterocycles. The first-order valence-electron chi connectivity index (χ1n) is 6.89. The fourth-order valence-electron chi connectivity index (χ4n) is 1.65. The fourth-order valence-corrected chi connectivity index (χ4v) is 1.65. The summed E-state index contributed by atoms with van der Waals surface area (Å²) in [5, 5.41) is 0. The van der Waals surface area contributed by atoms with Gasteiger partial charge < -0.3 is 4.74 Å². The fraction of sp³-hybridized carbons (Fsp3) is 0.0556. The molecule has 0 bridgehead atoms. The van der Waals surface area contributed by atoms with Gasteiger partial charge in [0.2, 0.25) is 0 Å². The largest absolute Gasteiger partial charge is 0.484 e. The van der Waals surface area contributed by atoms with Gasteiger partial charge in [-0.15, -0.1) is 0 Å². The summed E-state index contributed by atoms with van der Waals surface area (Å²) in [6, 6.07) is 19.0. The van der Waals surface area contributed by atoms with E-state index in [2.05, 4.69) is 17.4 Å². The Morgan fingerprint density at radius 3 is 2.32 bits per heavy atom. The molecule has 2 aromatic rings. The van der Waals surface area contributed by atoms with Gasteiger partial charge in [-0.2, -0.15) is 0 Å². The Bertz CT molecular complexity index is 637. The second-order valence-electron chi connectivity index (χ2n) is 4.54. The molecule has 0 aliphatic heterocycles. The summed E-state index contributed by atoms with van der Waals surface area (Å²) >= 11 is 0. The topological polar surface area (TPSA) is 50.4 Å². The molecular weight excluding hydrogens is 276 g/mol. The van der Waals surface area contributed by atoms with Crippen LogP contribution in [0.1, 0.15) is 5.56 Å². The van der Waals surface area contributed by atoms with E-state index >= 15 is 0 Å². The predicted molar refractivity (Wildman–Crippen MR) is 87.8 cm³/mol. The van der Waals surface area contributed by atoms with Crippen molar-refractivity contribution in [1.82, 2.24) is 10.9 Å². The summed E-state index contributed by atoms with van der Waals surface area (Å²) in [5.41, 5.74) is 6.89. The van der Waals surface area contributed by atoms with Gasteiger partial charge in [0.05, 0.1) is 0 Å². The molecule has 2 rings (SSSR count). The summed E-state index contributed by atoms with van der Waals surface area (Å²) < 4.78 is 5.33. The standard InChI is InChI=1S/C18H18N2O2/c1-15(12-13-16-8-4-2-5-9-16)19-20-18(21)14-22-17-10-6-3-7-11-17/h2-13,19H,1,14H2,(H,20,21)/b13-12+. The third-order valence-electron chi connectivity index (χ3n) is 2.75. The third-order valence-corrected chi connectivity index (χ3v) is 2.75. The number of allylic oxidation sites excluding steroid dienone is 1. The van der Waals surface area contributed by atoms with E-state index < -0.39 is 0 Å². The van der Waals surface area contributed by atoms with Crippen LogP contribution in [0.4, 0.5) is 0 Å². The maximum absolute atomic E-state index is 11.6. The highest BCUT2D eigenvalue weighted by molar-refractivity contribution is 5.77. The molecule has 0 unspecified atom stereocenters. The van der Waals surface area contributed by atoms with Crippen molar-refractivity contribution in [1.29, 1.82) is 0 Å². The average molecular weight is 294 g/mol. The van der Waals surface area contributed by atoms with Gasteiger partial charge in [-0.05, 0) is 23.8 Å². The molecule has 112 valence electrons. The number of hydrogen-bond donors (Lipinski definition) is 2. The van der Waals surface area contributed by atoms with E-state index in [9.17, 15) is 4.79 Å². The van der Waals surface area contributed by atoms with E-state index in [0.717, 1.165) is 5.56 Å². The van der Waals surface area contributed by atoms with E-state index in [1.165, 1.54) is 0 Å². The number of ether oxygens (including phenoxy) is 1. The van der Waals surface area contributed by atoms with Crippen LogP contribution in [0.15, 0.2) is 79.0 Å². The van der Waals surface area contributed by atoms with Gasteiger partial charge in [-0.1, -0.05) is 61.2 Å². The second kappa shape index (κ2) is 8.32. The second-order valence-corrected chi connectivity index (χ2v) is 4.54. The quantitative estimate of drug-likeness (QED) is 0.610. The highest BCUT2D eigenvalue weighted by Gasteiger charge is 2.01. The van der Waals surface area contributed by atoms with Crippen LogP contribution in [-0.2, 0) is 4.79 Å². The minimum atomic E-state index is -0.280. The molecule has 0 aliphatic rings. The maximum atomic E-state index is 11.6. The Morgan fingerprint density at radius 1 is 1.00 bits per heavy atom. The lowest BCUT2D eigenvalue weighted by Crippen LogP contribution is -2.39. The van der Waals surface area contributed by atoms with Crippen LogP contribution in [0.2, 0.25) is 0 Å². The normalized spacial score (nSPS) is 10.2. The Morgan fingerprint density at radius 2 is 1.64 bits per heavy atom. The highest BCUT2D eigenvalue weighted by atomic mass is 16.5. The van der Waals surface area contributed by atoms with Crippen molar-refractivity contribution >= 4 is 12.0 Å². The Labute approximate surface area is 130 Å². The van der Waals surface area contributed by atoms with Gasteiger partial charge in [0.15, 0.2) is 6.61 Å². The van der Waals surface area contributed by atoms with Gasteiger partial charge in [0.1, 0.15) is 5.75 Å².